The Labute approximate surface area is 218 Å². The van der Waals surface area contributed by atoms with Crippen molar-refractivity contribution in [3.63, 3.8) is 0 Å². The Kier molecular flexibility index (Phi) is 6.15. The summed E-state index contributed by atoms with van der Waals surface area (Å²) in [5, 5.41) is 0. The Morgan fingerprint density at radius 1 is 0.811 bits per heavy atom. The number of carbonyl (C=O) groups excluding carboxylic acids is 1. The summed E-state index contributed by atoms with van der Waals surface area (Å²) in [6.07, 6.45) is 7.51. The van der Waals surface area contributed by atoms with Gasteiger partial charge < -0.3 is 19.1 Å². The second-order valence-electron chi connectivity index (χ2n) is 10.3. The number of ether oxygens (including phenoxy) is 3. The van der Waals surface area contributed by atoms with Crippen LogP contribution in [0.1, 0.15) is 47.1 Å². The molecule has 3 aromatic carbocycles. The Morgan fingerprint density at radius 2 is 1.51 bits per heavy atom. The summed E-state index contributed by atoms with van der Waals surface area (Å²) >= 11 is 0. The zero-order valence-electron chi connectivity index (χ0n) is 21.6. The quantitative estimate of drug-likeness (QED) is 0.441. The lowest BCUT2D eigenvalue weighted by Gasteiger charge is -2.30. The van der Waals surface area contributed by atoms with E-state index >= 15 is 0 Å². The van der Waals surface area contributed by atoms with Crippen molar-refractivity contribution >= 4 is 17.6 Å². The van der Waals surface area contributed by atoms with Gasteiger partial charge in [-0.2, -0.15) is 0 Å². The van der Waals surface area contributed by atoms with Crippen LogP contribution in [0.4, 0.5) is 0 Å². The number of methoxy groups -OCH3 is 2. The number of hydrogen-bond donors (Lipinski definition) is 0. The molecule has 190 valence electrons. The summed E-state index contributed by atoms with van der Waals surface area (Å²) < 4.78 is 16.9. The van der Waals surface area contributed by atoms with Crippen LogP contribution in [0.5, 0.6) is 17.2 Å². The van der Waals surface area contributed by atoms with Crippen molar-refractivity contribution in [1.29, 1.82) is 0 Å². The number of allylic oxidation sites excluding steroid dienone is 1. The number of likely N-dealkylation sites (tertiary alicyclic amines) is 1. The molecule has 1 atom stereocenters. The third kappa shape index (κ3) is 4.26. The molecule has 6 rings (SSSR count). The van der Waals surface area contributed by atoms with Gasteiger partial charge in [-0.25, -0.2) is 0 Å². The van der Waals surface area contributed by atoms with Crippen LogP contribution in [-0.2, 0) is 23.1 Å². The highest BCUT2D eigenvalue weighted by Crippen LogP contribution is 2.55. The lowest BCUT2D eigenvalue weighted by Crippen LogP contribution is -2.38. The van der Waals surface area contributed by atoms with Gasteiger partial charge >= 0.3 is 0 Å². The maximum atomic E-state index is 12.6. The smallest absolute Gasteiger partial charge is 0.260 e. The fourth-order valence-corrected chi connectivity index (χ4v) is 6.29. The van der Waals surface area contributed by atoms with E-state index in [0.717, 1.165) is 56.0 Å². The van der Waals surface area contributed by atoms with Crippen molar-refractivity contribution in [2.24, 2.45) is 0 Å². The van der Waals surface area contributed by atoms with E-state index in [1.54, 1.807) is 14.2 Å². The molecule has 3 aromatic rings. The molecular formula is C32H33NO4. The van der Waals surface area contributed by atoms with Gasteiger partial charge in [-0.15, -0.1) is 0 Å². The van der Waals surface area contributed by atoms with E-state index in [2.05, 4.69) is 48.5 Å². The minimum atomic E-state index is -0.152. The van der Waals surface area contributed by atoms with E-state index in [1.165, 1.54) is 39.8 Å². The molecule has 5 nitrogen and oxygen atoms in total. The monoisotopic (exact) mass is 495 g/mol. The number of nitrogens with zero attached hydrogens (tertiary/aromatic N) is 1. The van der Waals surface area contributed by atoms with Crippen LogP contribution >= 0.6 is 0 Å². The zero-order valence-corrected chi connectivity index (χ0v) is 21.6. The van der Waals surface area contributed by atoms with E-state index in [1.807, 2.05) is 23.1 Å². The van der Waals surface area contributed by atoms with Crippen molar-refractivity contribution < 1.29 is 19.0 Å². The largest absolute Gasteiger partial charge is 0.497 e. The number of carbonyl (C=O) groups is 1. The predicted molar refractivity (Wildman–Crippen MR) is 145 cm³/mol. The van der Waals surface area contributed by atoms with Gasteiger partial charge in [-0.1, -0.05) is 24.3 Å². The minimum Gasteiger partial charge on any atom is -0.497 e. The van der Waals surface area contributed by atoms with Crippen molar-refractivity contribution in [3.05, 3.63) is 88.5 Å². The molecule has 1 aliphatic heterocycles. The molecule has 5 heteroatoms. The molecule has 1 heterocycles. The van der Waals surface area contributed by atoms with Gasteiger partial charge in [0.05, 0.1) is 14.2 Å². The normalized spacial score (nSPS) is 19.8. The van der Waals surface area contributed by atoms with Crippen LogP contribution in [0.25, 0.3) is 11.6 Å². The maximum Gasteiger partial charge on any atom is 0.260 e. The molecule has 1 unspecified atom stereocenters. The van der Waals surface area contributed by atoms with Gasteiger partial charge in [-0.05, 0) is 108 Å². The van der Waals surface area contributed by atoms with Gasteiger partial charge in [0.25, 0.3) is 5.91 Å². The molecule has 0 N–H and O–H groups in total. The molecule has 0 saturated carbocycles. The molecule has 3 aliphatic rings. The number of piperidine rings is 1. The van der Waals surface area contributed by atoms with Crippen LogP contribution in [0.15, 0.2) is 60.7 Å². The molecule has 0 radical (unpaired) electrons. The van der Waals surface area contributed by atoms with Crippen molar-refractivity contribution in [2.75, 3.05) is 33.9 Å². The highest BCUT2D eigenvalue weighted by atomic mass is 16.5. The lowest BCUT2D eigenvalue weighted by molar-refractivity contribution is -0.134. The molecule has 1 saturated heterocycles. The van der Waals surface area contributed by atoms with Gasteiger partial charge in [0.2, 0.25) is 0 Å². The average Bonchev–Trinajstić information content (AvgIpc) is 3.48. The van der Waals surface area contributed by atoms with Gasteiger partial charge in [0.15, 0.2) is 6.61 Å². The molecule has 0 aromatic heterocycles. The average molecular weight is 496 g/mol. The summed E-state index contributed by atoms with van der Waals surface area (Å²) in [7, 11) is 3.41. The Hall–Kier alpha value is -3.73. The van der Waals surface area contributed by atoms with E-state index in [9.17, 15) is 4.79 Å². The number of amides is 1. The molecule has 1 spiro atoms. The fraction of sp³-hybridized carbons (Fsp3) is 0.344. The zero-order chi connectivity index (χ0) is 25.4. The topological polar surface area (TPSA) is 48.0 Å². The summed E-state index contributed by atoms with van der Waals surface area (Å²) in [5.41, 5.74) is 7.52. The standard InChI is InChI=1S/C32H33NO4/c1-35-26-9-6-22(7-10-26)30-18-24-16-27(36-2)12-13-29(24)32(30)19-23-8-11-28(17-25(23)20-32)37-21-31(34)33-14-4-3-5-15-33/h6-13,16-18H,3-5,14-15,19-21H2,1-2H3. The third-order valence-electron chi connectivity index (χ3n) is 8.22. The molecule has 0 bridgehead atoms. The Bertz CT molecular complexity index is 1350. The summed E-state index contributed by atoms with van der Waals surface area (Å²) in [5.74, 6) is 2.57. The molecule has 2 aliphatic carbocycles. The maximum absolute atomic E-state index is 12.6. The van der Waals surface area contributed by atoms with Crippen molar-refractivity contribution in [2.45, 2.75) is 37.5 Å². The second kappa shape index (κ2) is 9.62. The van der Waals surface area contributed by atoms with Crippen molar-refractivity contribution in [3.8, 4) is 17.2 Å². The van der Waals surface area contributed by atoms with E-state index in [0.29, 0.717) is 0 Å². The number of rotatable bonds is 6. The number of benzene rings is 3. The molecule has 1 amide bonds. The Balaban J connectivity index is 1.29. The van der Waals surface area contributed by atoms with Gasteiger partial charge in [-0.3, -0.25) is 4.79 Å². The van der Waals surface area contributed by atoms with E-state index in [4.69, 9.17) is 14.2 Å². The predicted octanol–water partition coefficient (Wildman–Crippen LogP) is 5.69. The second-order valence-corrected chi connectivity index (χ2v) is 10.3. The van der Waals surface area contributed by atoms with Gasteiger partial charge in [0, 0.05) is 18.5 Å². The SMILES string of the molecule is COc1ccc(C2=Cc3cc(OC)ccc3C23Cc2ccc(OCC(=O)N4CCCCC4)cc2C3)cc1. The van der Waals surface area contributed by atoms with Crippen LogP contribution in [0.2, 0.25) is 0 Å². The summed E-state index contributed by atoms with van der Waals surface area (Å²) in [6.45, 7) is 1.79. The first kappa shape index (κ1) is 23.7. The fourth-order valence-electron chi connectivity index (χ4n) is 6.29. The first-order valence-corrected chi connectivity index (χ1v) is 13.2. The van der Waals surface area contributed by atoms with Crippen molar-refractivity contribution in [1.82, 2.24) is 4.90 Å². The van der Waals surface area contributed by atoms with Crippen LogP contribution in [-0.4, -0.2) is 44.7 Å². The lowest BCUT2D eigenvalue weighted by atomic mass is 9.72. The minimum absolute atomic E-state index is 0.0834. The molecule has 1 fully saturated rings. The third-order valence-corrected chi connectivity index (χ3v) is 8.22. The van der Waals surface area contributed by atoms with Crippen LogP contribution in [0.3, 0.4) is 0 Å². The summed E-state index contributed by atoms with van der Waals surface area (Å²) in [4.78, 5) is 14.6. The number of hydrogen-bond acceptors (Lipinski definition) is 4. The first-order valence-electron chi connectivity index (χ1n) is 13.2. The molecular weight excluding hydrogens is 462 g/mol. The first-order chi connectivity index (χ1) is 18.1. The Morgan fingerprint density at radius 3 is 2.27 bits per heavy atom. The van der Waals surface area contributed by atoms with E-state index < -0.39 is 0 Å². The van der Waals surface area contributed by atoms with Crippen LogP contribution < -0.4 is 14.2 Å². The highest BCUT2D eigenvalue weighted by molar-refractivity contribution is 5.96. The van der Waals surface area contributed by atoms with Gasteiger partial charge in [0.1, 0.15) is 17.2 Å². The van der Waals surface area contributed by atoms with Crippen LogP contribution in [0, 0.1) is 0 Å². The molecule has 37 heavy (non-hydrogen) atoms. The van der Waals surface area contributed by atoms with E-state index in [-0.39, 0.29) is 17.9 Å². The highest BCUT2D eigenvalue weighted by Gasteiger charge is 2.46. The summed E-state index contributed by atoms with van der Waals surface area (Å²) in [6, 6.07) is 21.1. The number of fused-ring (bicyclic) bond motifs is 3.